The van der Waals surface area contributed by atoms with Crippen molar-refractivity contribution in [1.29, 1.82) is 0 Å². The van der Waals surface area contributed by atoms with Crippen molar-refractivity contribution >= 4 is 6.03 Å². The van der Waals surface area contributed by atoms with Crippen LogP contribution >= 0.6 is 0 Å². The lowest BCUT2D eigenvalue weighted by Gasteiger charge is -2.27. The minimum Gasteiger partial charge on any atom is -0.339 e. The van der Waals surface area contributed by atoms with Gasteiger partial charge in [-0.15, -0.1) is 0 Å². The number of urea groups is 1. The van der Waals surface area contributed by atoms with Crippen LogP contribution in [0.1, 0.15) is 17.3 Å². The van der Waals surface area contributed by atoms with E-state index in [0.717, 1.165) is 17.0 Å². The van der Waals surface area contributed by atoms with E-state index in [-0.39, 0.29) is 6.03 Å². The number of hydrogen-bond acceptors (Lipinski definition) is 6. The number of rotatable bonds is 4. The van der Waals surface area contributed by atoms with Crippen LogP contribution in [-0.2, 0) is 19.5 Å². The average Bonchev–Trinajstić information content (AvgIpc) is 3.27. The van der Waals surface area contributed by atoms with E-state index in [0.29, 0.717) is 44.3 Å². The molecule has 0 aromatic carbocycles. The SMILES string of the molecule is Cc1cc2n(n1)CCN(C(=O)NCCc1nc(-c3cccnc3)no1)C2. The number of hydrogen-bond donors (Lipinski definition) is 1. The largest absolute Gasteiger partial charge is 0.339 e. The smallest absolute Gasteiger partial charge is 0.317 e. The third-order valence-electron chi connectivity index (χ3n) is 4.21. The Kier molecular flexibility index (Phi) is 4.34. The fourth-order valence-electron chi connectivity index (χ4n) is 2.94. The molecule has 0 radical (unpaired) electrons. The highest BCUT2D eigenvalue weighted by atomic mass is 16.5. The van der Waals surface area contributed by atoms with Gasteiger partial charge in [0.05, 0.1) is 24.5 Å². The number of aryl methyl sites for hydroxylation is 1. The summed E-state index contributed by atoms with van der Waals surface area (Å²) in [6.45, 7) is 4.32. The van der Waals surface area contributed by atoms with Crippen molar-refractivity contribution in [2.24, 2.45) is 0 Å². The molecule has 1 aliphatic rings. The normalized spacial score (nSPS) is 13.5. The molecule has 9 nitrogen and oxygen atoms in total. The zero-order chi connectivity index (χ0) is 17.9. The van der Waals surface area contributed by atoms with E-state index in [2.05, 4.69) is 25.5 Å². The Hall–Kier alpha value is -3.23. The summed E-state index contributed by atoms with van der Waals surface area (Å²) in [5, 5.41) is 11.2. The van der Waals surface area contributed by atoms with Gasteiger partial charge in [0.15, 0.2) is 0 Å². The summed E-state index contributed by atoms with van der Waals surface area (Å²) in [6.07, 6.45) is 3.85. The van der Waals surface area contributed by atoms with Gasteiger partial charge in [0, 0.05) is 37.5 Å². The minimum absolute atomic E-state index is 0.0953. The van der Waals surface area contributed by atoms with Crippen molar-refractivity contribution in [2.45, 2.75) is 26.4 Å². The van der Waals surface area contributed by atoms with Gasteiger partial charge in [0.2, 0.25) is 11.7 Å². The van der Waals surface area contributed by atoms with Crippen molar-refractivity contribution in [2.75, 3.05) is 13.1 Å². The Balaban J connectivity index is 1.29. The molecule has 4 rings (SSSR count). The summed E-state index contributed by atoms with van der Waals surface area (Å²) < 4.78 is 7.19. The van der Waals surface area contributed by atoms with Crippen molar-refractivity contribution in [3.05, 3.63) is 47.9 Å². The van der Waals surface area contributed by atoms with Crippen molar-refractivity contribution in [1.82, 2.24) is 35.1 Å². The summed E-state index contributed by atoms with van der Waals surface area (Å²) in [5.41, 5.74) is 2.83. The Bertz CT molecular complexity index is 903. The van der Waals surface area contributed by atoms with Gasteiger partial charge in [-0.2, -0.15) is 10.1 Å². The molecule has 0 saturated heterocycles. The van der Waals surface area contributed by atoms with E-state index in [4.69, 9.17) is 4.52 Å². The lowest BCUT2D eigenvalue weighted by atomic mass is 10.3. The molecule has 0 spiro atoms. The number of aromatic nitrogens is 5. The molecule has 9 heteroatoms. The second-order valence-electron chi connectivity index (χ2n) is 6.16. The molecule has 1 N–H and O–H groups in total. The number of carbonyl (C=O) groups excluding carboxylic acids is 1. The molecule has 2 amide bonds. The Morgan fingerprint density at radius 1 is 1.38 bits per heavy atom. The van der Waals surface area contributed by atoms with Gasteiger partial charge in [0.25, 0.3) is 0 Å². The molecule has 0 fully saturated rings. The molecular formula is C17H19N7O2. The molecular weight excluding hydrogens is 334 g/mol. The van der Waals surface area contributed by atoms with Crippen molar-refractivity contribution in [3.8, 4) is 11.4 Å². The van der Waals surface area contributed by atoms with Gasteiger partial charge < -0.3 is 14.7 Å². The van der Waals surface area contributed by atoms with Crippen molar-refractivity contribution < 1.29 is 9.32 Å². The molecule has 0 atom stereocenters. The van der Waals surface area contributed by atoms with Crippen molar-refractivity contribution in [3.63, 3.8) is 0 Å². The Morgan fingerprint density at radius 3 is 3.15 bits per heavy atom. The molecule has 134 valence electrons. The first-order valence-electron chi connectivity index (χ1n) is 8.48. The number of nitrogens with zero attached hydrogens (tertiary/aromatic N) is 6. The number of carbonyl (C=O) groups is 1. The first-order valence-corrected chi connectivity index (χ1v) is 8.48. The highest BCUT2D eigenvalue weighted by Crippen LogP contribution is 2.14. The van der Waals surface area contributed by atoms with Gasteiger partial charge in [-0.3, -0.25) is 9.67 Å². The molecule has 4 heterocycles. The summed E-state index contributed by atoms with van der Waals surface area (Å²) >= 11 is 0. The van der Waals surface area contributed by atoms with Crippen LogP contribution in [-0.4, -0.2) is 48.9 Å². The van der Waals surface area contributed by atoms with E-state index >= 15 is 0 Å². The standard InChI is InChI=1S/C17H19N7O2/c1-12-9-14-11-23(7-8-24(14)21-12)17(25)19-6-4-15-20-16(22-26-15)13-3-2-5-18-10-13/h2-3,5,9-10H,4,6-8,11H2,1H3,(H,19,25). The third-order valence-corrected chi connectivity index (χ3v) is 4.21. The van der Waals surface area contributed by atoms with Gasteiger partial charge >= 0.3 is 6.03 Å². The fraction of sp³-hybridized carbons (Fsp3) is 0.353. The van der Waals surface area contributed by atoms with Gasteiger partial charge in [0.1, 0.15) is 0 Å². The van der Waals surface area contributed by atoms with Crippen LogP contribution in [0.15, 0.2) is 35.1 Å². The molecule has 26 heavy (non-hydrogen) atoms. The number of fused-ring (bicyclic) bond motifs is 1. The topological polar surface area (TPSA) is 102 Å². The van der Waals surface area contributed by atoms with Crippen LogP contribution in [0.4, 0.5) is 4.79 Å². The van der Waals surface area contributed by atoms with E-state index in [1.54, 1.807) is 17.3 Å². The molecule has 1 aliphatic heterocycles. The predicted octanol–water partition coefficient (Wildman–Crippen LogP) is 1.40. The van der Waals surface area contributed by atoms with Crippen LogP contribution in [0.5, 0.6) is 0 Å². The molecule has 3 aromatic heterocycles. The average molecular weight is 353 g/mol. The molecule has 0 unspecified atom stereocenters. The van der Waals surface area contributed by atoms with Crippen LogP contribution in [0.3, 0.4) is 0 Å². The van der Waals surface area contributed by atoms with E-state index < -0.39 is 0 Å². The van der Waals surface area contributed by atoms with Gasteiger partial charge in [-0.25, -0.2) is 4.79 Å². The highest BCUT2D eigenvalue weighted by molar-refractivity contribution is 5.74. The number of pyridine rings is 1. The number of amides is 2. The van der Waals surface area contributed by atoms with Gasteiger partial charge in [-0.1, -0.05) is 5.16 Å². The lowest BCUT2D eigenvalue weighted by molar-refractivity contribution is 0.181. The minimum atomic E-state index is -0.0953. The van der Waals surface area contributed by atoms with E-state index in [1.165, 1.54) is 0 Å². The summed E-state index contributed by atoms with van der Waals surface area (Å²) in [5.74, 6) is 0.982. The first kappa shape index (κ1) is 16.2. The summed E-state index contributed by atoms with van der Waals surface area (Å²) in [4.78, 5) is 22.5. The van der Waals surface area contributed by atoms with E-state index in [9.17, 15) is 4.79 Å². The second kappa shape index (κ2) is 6.95. The number of nitrogens with one attached hydrogen (secondary N) is 1. The maximum atomic E-state index is 12.3. The molecule has 3 aromatic rings. The van der Waals surface area contributed by atoms with Gasteiger partial charge in [-0.05, 0) is 25.1 Å². The quantitative estimate of drug-likeness (QED) is 0.761. The predicted molar refractivity (Wildman–Crippen MR) is 92.0 cm³/mol. The van der Waals surface area contributed by atoms with Crippen LogP contribution in [0, 0.1) is 6.92 Å². The van der Waals surface area contributed by atoms with Crippen LogP contribution in [0.25, 0.3) is 11.4 Å². The van der Waals surface area contributed by atoms with Crippen LogP contribution < -0.4 is 5.32 Å². The van der Waals surface area contributed by atoms with Crippen LogP contribution in [0.2, 0.25) is 0 Å². The maximum Gasteiger partial charge on any atom is 0.317 e. The summed E-state index contributed by atoms with van der Waals surface area (Å²) in [7, 11) is 0. The lowest BCUT2D eigenvalue weighted by Crippen LogP contribution is -2.44. The van der Waals surface area contributed by atoms with E-state index in [1.807, 2.05) is 29.8 Å². The monoisotopic (exact) mass is 353 g/mol. The maximum absolute atomic E-state index is 12.3. The Labute approximate surface area is 150 Å². The summed E-state index contributed by atoms with van der Waals surface area (Å²) in [6, 6.07) is 5.60. The zero-order valence-electron chi connectivity index (χ0n) is 14.4. The molecule has 0 aliphatic carbocycles. The molecule has 0 saturated carbocycles. The molecule has 0 bridgehead atoms. The zero-order valence-corrected chi connectivity index (χ0v) is 14.4. The first-order chi connectivity index (χ1) is 12.7. The highest BCUT2D eigenvalue weighted by Gasteiger charge is 2.21. The third kappa shape index (κ3) is 3.41. The Morgan fingerprint density at radius 2 is 2.31 bits per heavy atom. The second-order valence-corrected chi connectivity index (χ2v) is 6.16. The fourth-order valence-corrected chi connectivity index (χ4v) is 2.94.